The number of nitrogens with one attached hydrogen (secondary N) is 3. The molecule has 0 aliphatic carbocycles. The van der Waals surface area contributed by atoms with Crippen LogP contribution in [0.5, 0.6) is 0 Å². The average Bonchev–Trinajstić information content (AvgIpc) is 3.09. The summed E-state index contributed by atoms with van der Waals surface area (Å²) in [7, 11) is -4.24. The molecule has 0 amide bonds. The Kier molecular flexibility index (Phi) is 6.73. The van der Waals surface area contributed by atoms with Crippen molar-refractivity contribution in [1.82, 2.24) is 30.6 Å². The maximum Gasteiger partial charge on any atom is 0.334 e. The summed E-state index contributed by atoms with van der Waals surface area (Å²) in [5, 5.41) is 7.77. The van der Waals surface area contributed by atoms with Crippen molar-refractivity contribution in [2.45, 2.75) is 25.9 Å². The topological polar surface area (TPSA) is 173 Å². The number of aromatic amines is 1. The number of esters is 1. The van der Waals surface area contributed by atoms with Gasteiger partial charge in [0.05, 0.1) is 6.61 Å². The van der Waals surface area contributed by atoms with E-state index in [0.717, 1.165) is 6.33 Å². The fourth-order valence-corrected chi connectivity index (χ4v) is 2.56. The number of aryl methyl sites for hydroxylation is 2. The average molecular weight is 398 g/mol. The van der Waals surface area contributed by atoms with Crippen LogP contribution in [0.15, 0.2) is 21.9 Å². The number of anilines is 1. The lowest BCUT2D eigenvalue weighted by atomic mass is 10.4. The molecule has 2 aromatic rings. The first-order chi connectivity index (χ1) is 12.8. The lowest BCUT2D eigenvalue weighted by molar-refractivity contribution is -0.149. The van der Waals surface area contributed by atoms with E-state index in [2.05, 4.69) is 40.3 Å². The third-order valence-electron chi connectivity index (χ3n) is 2.73. The second-order valence-electron chi connectivity index (χ2n) is 5.00. The number of hydrogen-bond acceptors (Lipinski definition) is 9. The van der Waals surface area contributed by atoms with Gasteiger partial charge in [-0.25, -0.2) is 30.3 Å². The molecule has 0 saturated carbocycles. The van der Waals surface area contributed by atoms with Crippen molar-refractivity contribution in [2.24, 2.45) is 4.40 Å². The Hall–Kier alpha value is -3.13. The van der Waals surface area contributed by atoms with E-state index in [1.165, 1.54) is 0 Å². The fourth-order valence-electron chi connectivity index (χ4n) is 1.80. The highest BCUT2D eigenvalue weighted by Crippen LogP contribution is 2.07. The Morgan fingerprint density at radius 1 is 1.30 bits per heavy atom. The third kappa shape index (κ3) is 6.27. The van der Waals surface area contributed by atoms with Gasteiger partial charge in [-0.15, -0.1) is 4.40 Å². The van der Waals surface area contributed by atoms with Crippen LogP contribution >= 0.6 is 0 Å². The first-order valence-corrected chi connectivity index (χ1v) is 9.07. The van der Waals surface area contributed by atoms with Crippen LogP contribution in [0.1, 0.15) is 18.3 Å². The van der Waals surface area contributed by atoms with Gasteiger partial charge in [-0.2, -0.15) is 13.5 Å². The van der Waals surface area contributed by atoms with Gasteiger partial charge in [0.25, 0.3) is 5.16 Å². The number of guanidine groups is 1. The quantitative estimate of drug-likeness (QED) is 0.236. The van der Waals surface area contributed by atoms with E-state index < -0.39 is 27.8 Å². The van der Waals surface area contributed by atoms with E-state index in [0.29, 0.717) is 11.4 Å². The van der Waals surface area contributed by atoms with Crippen LogP contribution in [0.4, 0.5) is 5.95 Å². The van der Waals surface area contributed by atoms with E-state index >= 15 is 0 Å². The molecule has 146 valence electrons. The molecule has 2 aromatic heterocycles. The van der Waals surface area contributed by atoms with Crippen molar-refractivity contribution in [3.63, 3.8) is 0 Å². The number of carbonyl (C=O) groups excluding carboxylic acids is 1. The van der Waals surface area contributed by atoms with E-state index in [4.69, 9.17) is 9.57 Å². The van der Waals surface area contributed by atoms with E-state index in [1.807, 2.05) is 0 Å². The van der Waals surface area contributed by atoms with Gasteiger partial charge in [-0.05, 0) is 26.8 Å². The van der Waals surface area contributed by atoms with Crippen LogP contribution in [0.2, 0.25) is 0 Å². The van der Waals surface area contributed by atoms with Crippen LogP contribution in [0, 0.1) is 13.8 Å². The van der Waals surface area contributed by atoms with Gasteiger partial charge >= 0.3 is 16.0 Å². The minimum atomic E-state index is -4.24. The molecule has 27 heavy (non-hydrogen) atoms. The lowest BCUT2D eigenvalue weighted by Crippen LogP contribution is -2.34. The molecule has 0 aliphatic heterocycles. The molecule has 2 rings (SSSR count). The molecular formula is C13H18N8O5S. The van der Waals surface area contributed by atoms with Crippen molar-refractivity contribution >= 4 is 27.9 Å². The molecule has 0 unspecified atom stereocenters. The predicted octanol–water partition coefficient (Wildman–Crippen LogP) is -0.547. The SMILES string of the molecule is CCOC(=O)CONC(=NS(=O)(=O)c1ncn[nH]1)Nc1nc(C)cc(C)n1. The Bertz CT molecular complexity index is 893. The summed E-state index contributed by atoms with van der Waals surface area (Å²) in [4.78, 5) is 28.0. The number of hydrogen-bond donors (Lipinski definition) is 3. The minimum Gasteiger partial charge on any atom is -0.464 e. The van der Waals surface area contributed by atoms with Crippen molar-refractivity contribution in [1.29, 1.82) is 0 Å². The summed E-state index contributed by atoms with van der Waals surface area (Å²) in [6.07, 6.45) is 1.02. The smallest absolute Gasteiger partial charge is 0.334 e. The van der Waals surface area contributed by atoms with E-state index in [-0.39, 0.29) is 18.5 Å². The molecule has 0 aromatic carbocycles. The summed E-state index contributed by atoms with van der Waals surface area (Å²) < 4.78 is 32.7. The normalized spacial score (nSPS) is 11.9. The standard InChI is InChI=1S/C13H18N8O5S/c1-4-25-10(22)6-26-20-12(18-11-16-8(2)5-9(3)17-11)21-27(23,24)13-14-7-15-19-13/h5,7H,4,6H2,1-3H3,(H,14,15,19)(H2,16,17,18,20,21). The zero-order chi connectivity index (χ0) is 19.9. The molecule has 13 nitrogen and oxygen atoms in total. The minimum absolute atomic E-state index is 0.0752. The number of rotatable bonds is 7. The van der Waals surface area contributed by atoms with Crippen LogP contribution in [0.25, 0.3) is 0 Å². The van der Waals surface area contributed by atoms with Crippen molar-refractivity contribution in [3.05, 3.63) is 23.8 Å². The van der Waals surface area contributed by atoms with Crippen molar-refractivity contribution in [3.8, 4) is 0 Å². The molecule has 0 spiro atoms. The lowest BCUT2D eigenvalue weighted by Gasteiger charge is -2.11. The van der Waals surface area contributed by atoms with Gasteiger partial charge in [0.2, 0.25) is 11.9 Å². The number of sulfonamides is 1. The molecular weight excluding hydrogens is 380 g/mol. The van der Waals surface area contributed by atoms with Gasteiger partial charge in [-0.3, -0.25) is 10.2 Å². The molecule has 0 bridgehead atoms. The van der Waals surface area contributed by atoms with Crippen LogP contribution in [-0.2, 0) is 24.4 Å². The summed E-state index contributed by atoms with van der Waals surface area (Å²) in [5.41, 5.74) is 3.53. The van der Waals surface area contributed by atoms with Crippen LogP contribution in [-0.4, -0.2) is 58.7 Å². The molecule has 0 atom stereocenters. The highest BCUT2D eigenvalue weighted by atomic mass is 32.2. The second kappa shape index (κ2) is 9.00. The Labute approximate surface area is 154 Å². The number of ether oxygens (including phenoxy) is 1. The predicted molar refractivity (Wildman–Crippen MR) is 91.9 cm³/mol. The van der Waals surface area contributed by atoms with Gasteiger partial charge in [0.1, 0.15) is 6.33 Å². The summed E-state index contributed by atoms with van der Waals surface area (Å²) in [6, 6.07) is 1.73. The van der Waals surface area contributed by atoms with Crippen molar-refractivity contribution < 1.29 is 22.8 Å². The third-order valence-corrected chi connectivity index (χ3v) is 3.83. The first-order valence-electron chi connectivity index (χ1n) is 7.63. The largest absolute Gasteiger partial charge is 0.464 e. The number of hydroxylamine groups is 1. The zero-order valence-corrected chi connectivity index (χ0v) is 15.6. The number of carbonyl (C=O) groups is 1. The van der Waals surface area contributed by atoms with Crippen molar-refractivity contribution in [2.75, 3.05) is 18.5 Å². The van der Waals surface area contributed by atoms with Gasteiger partial charge in [0.15, 0.2) is 6.61 Å². The monoisotopic (exact) mass is 398 g/mol. The van der Waals surface area contributed by atoms with Gasteiger partial charge in [-0.1, -0.05) is 0 Å². The van der Waals surface area contributed by atoms with Crippen LogP contribution < -0.4 is 10.8 Å². The van der Waals surface area contributed by atoms with Gasteiger partial charge in [0, 0.05) is 11.4 Å². The number of aromatic nitrogens is 5. The summed E-state index contributed by atoms with van der Waals surface area (Å²) in [5.74, 6) is -0.961. The molecule has 0 aliphatic rings. The Balaban J connectivity index is 2.22. The summed E-state index contributed by atoms with van der Waals surface area (Å²) in [6.45, 7) is 4.82. The second-order valence-corrected chi connectivity index (χ2v) is 6.52. The van der Waals surface area contributed by atoms with E-state index in [1.54, 1.807) is 26.8 Å². The molecule has 2 heterocycles. The Morgan fingerprint density at radius 3 is 2.59 bits per heavy atom. The Morgan fingerprint density at radius 2 is 2.00 bits per heavy atom. The van der Waals surface area contributed by atoms with Gasteiger partial charge < -0.3 is 4.74 Å². The van der Waals surface area contributed by atoms with E-state index in [9.17, 15) is 13.2 Å². The highest BCUT2D eigenvalue weighted by Gasteiger charge is 2.19. The molecule has 0 fully saturated rings. The molecule has 0 saturated heterocycles. The molecule has 14 heteroatoms. The molecule has 3 N–H and O–H groups in total. The summed E-state index contributed by atoms with van der Waals surface area (Å²) >= 11 is 0. The number of nitrogens with zero attached hydrogens (tertiary/aromatic N) is 5. The maximum atomic E-state index is 12.2. The highest BCUT2D eigenvalue weighted by molar-refractivity contribution is 7.90. The number of H-pyrrole nitrogens is 1. The first kappa shape index (κ1) is 20.2. The van der Waals surface area contributed by atoms with Crippen LogP contribution in [0.3, 0.4) is 0 Å². The maximum absolute atomic E-state index is 12.2. The fraction of sp³-hybridized carbons (Fsp3) is 0.385. The zero-order valence-electron chi connectivity index (χ0n) is 14.8. The molecule has 0 radical (unpaired) electrons.